The molecule has 0 atom stereocenters. The maximum atomic E-state index is 5.69. The molecule has 0 spiro atoms. The minimum Gasteiger partial charge on any atom is -0.399 e. The van der Waals surface area contributed by atoms with Crippen molar-refractivity contribution in [3.8, 4) is 0 Å². The second-order valence-electron chi connectivity index (χ2n) is 3.50. The highest BCUT2D eigenvalue weighted by Gasteiger charge is 2.17. The number of pyridine rings is 1. The molecule has 2 nitrogen and oxygen atoms in total. The Morgan fingerprint density at radius 2 is 2.08 bits per heavy atom. The summed E-state index contributed by atoms with van der Waals surface area (Å²) in [7, 11) is 0. The Balaban J connectivity index is 2.21. The summed E-state index contributed by atoms with van der Waals surface area (Å²) in [6.07, 6.45) is 7.08. The molecule has 2 N–H and O–H groups in total. The molecule has 2 heteroatoms. The molecule has 2 rings (SSSR count). The van der Waals surface area contributed by atoms with Gasteiger partial charge < -0.3 is 5.73 Å². The lowest BCUT2D eigenvalue weighted by Gasteiger charge is -2.07. The lowest BCUT2D eigenvalue weighted by Crippen LogP contribution is -1.97. The highest BCUT2D eigenvalue weighted by Crippen LogP contribution is 2.33. The van der Waals surface area contributed by atoms with Crippen molar-refractivity contribution in [2.45, 2.75) is 31.6 Å². The van der Waals surface area contributed by atoms with E-state index in [2.05, 4.69) is 4.98 Å². The van der Waals surface area contributed by atoms with E-state index < -0.39 is 0 Å². The maximum absolute atomic E-state index is 5.69. The minimum atomic E-state index is 0.675. The third-order valence-electron chi connectivity index (χ3n) is 2.58. The monoisotopic (exact) mass is 162 g/mol. The van der Waals surface area contributed by atoms with Crippen LogP contribution >= 0.6 is 0 Å². The van der Waals surface area contributed by atoms with Gasteiger partial charge in [0.25, 0.3) is 0 Å². The molecular weight excluding hydrogens is 148 g/mol. The number of hydrogen-bond donors (Lipinski definition) is 1. The van der Waals surface area contributed by atoms with Gasteiger partial charge in [0.1, 0.15) is 0 Å². The molecule has 0 amide bonds. The first-order chi connectivity index (χ1) is 5.86. The molecule has 0 bridgehead atoms. The Bertz CT molecular complexity index is 264. The second-order valence-corrected chi connectivity index (χ2v) is 3.50. The first-order valence-electron chi connectivity index (χ1n) is 4.58. The van der Waals surface area contributed by atoms with E-state index in [0.717, 1.165) is 5.69 Å². The molecule has 64 valence electrons. The average Bonchev–Trinajstić information content (AvgIpc) is 2.56. The predicted octanol–water partition coefficient (Wildman–Crippen LogP) is 2.32. The van der Waals surface area contributed by atoms with Crippen molar-refractivity contribution >= 4 is 5.69 Å². The molecule has 1 aliphatic rings. The van der Waals surface area contributed by atoms with E-state index in [0.29, 0.717) is 5.92 Å². The molecule has 0 aliphatic heterocycles. The number of nitrogens with zero attached hydrogens (tertiary/aromatic N) is 1. The number of nitrogen functional groups attached to an aromatic ring is 1. The van der Waals surface area contributed by atoms with Crippen molar-refractivity contribution in [2.24, 2.45) is 0 Å². The zero-order valence-electron chi connectivity index (χ0n) is 7.16. The van der Waals surface area contributed by atoms with Gasteiger partial charge in [-0.3, -0.25) is 4.98 Å². The fourth-order valence-electron chi connectivity index (χ4n) is 1.91. The molecule has 1 saturated carbocycles. The summed E-state index contributed by atoms with van der Waals surface area (Å²) in [6.45, 7) is 0. The van der Waals surface area contributed by atoms with Crippen molar-refractivity contribution in [3.05, 3.63) is 24.0 Å². The van der Waals surface area contributed by atoms with E-state index >= 15 is 0 Å². The van der Waals surface area contributed by atoms with Gasteiger partial charge in [-0.15, -0.1) is 0 Å². The van der Waals surface area contributed by atoms with Crippen LogP contribution in [0.4, 0.5) is 5.69 Å². The SMILES string of the molecule is Nc1ccnc(C2CCCC2)c1. The standard InChI is InChI=1S/C10H14N2/c11-9-5-6-12-10(7-9)8-3-1-2-4-8/h5-8H,1-4H2,(H2,11,12). The van der Waals surface area contributed by atoms with Crippen molar-refractivity contribution in [1.29, 1.82) is 0 Å². The quantitative estimate of drug-likeness (QED) is 0.688. The van der Waals surface area contributed by atoms with E-state index in [1.54, 1.807) is 0 Å². The minimum absolute atomic E-state index is 0.675. The number of aromatic nitrogens is 1. The van der Waals surface area contributed by atoms with Crippen LogP contribution in [0.15, 0.2) is 18.3 Å². The topological polar surface area (TPSA) is 38.9 Å². The predicted molar refractivity (Wildman–Crippen MR) is 49.9 cm³/mol. The Morgan fingerprint density at radius 1 is 1.33 bits per heavy atom. The highest BCUT2D eigenvalue weighted by molar-refractivity contribution is 5.38. The van der Waals surface area contributed by atoms with Crippen LogP contribution in [0.2, 0.25) is 0 Å². The number of rotatable bonds is 1. The van der Waals surface area contributed by atoms with Crippen LogP contribution in [0, 0.1) is 0 Å². The zero-order chi connectivity index (χ0) is 8.39. The molecule has 12 heavy (non-hydrogen) atoms. The van der Waals surface area contributed by atoms with Gasteiger partial charge in [0.05, 0.1) is 0 Å². The Kier molecular flexibility index (Phi) is 1.98. The lowest BCUT2D eigenvalue weighted by molar-refractivity contribution is 0.698. The van der Waals surface area contributed by atoms with Crippen molar-refractivity contribution in [1.82, 2.24) is 4.98 Å². The molecule has 1 aliphatic carbocycles. The summed E-state index contributed by atoms with van der Waals surface area (Å²) in [5.41, 5.74) is 7.71. The maximum Gasteiger partial charge on any atom is 0.0454 e. The van der Waals surface area contributed by atoms with Gasteiger partial charge in [-0.1, -0.05) is 12.8 Å². The number of anilines is 1. The lowest BCUT2D eigenvalue weighted by atomic mass is 10.0. The van der Waals surface area contributed by atoms with E-state index in [-0.39, 0.29) is 0 Å². The van der Waals surface area contributed by atoms with Gasteiger partial charge in [0, 0.05) is 23.5 Å². The molecule has 0 saturated heterocycles. The van der Waals surface area contributed by atoms with Gasteiger partial charge in [-0.05, 0) is 25.0 Å². The third-order valence-corrected chi connectivity index (χ3v) is 2.58. The van der Waals surface area contributed by atoms with Crippen molar-refractivity contribution in [2.75, 3.05) is 5.73 Å². The van der Waals surface area contributed by atoms with Crippen LogP contribution in [0.5, 0.6) is 0 Å². The van der Waals surface area contributed by atoms with Gasteiger partial charge in [-0.2, -0.15) is 0 Å². The molecule has 1 aromatic heterocycles. The van der Waals surface area contributed by atoms with Gasteiger partial charge >= 0.3 is 0 Å². The van der Waals surface area contributed by atoms with Crippen LogP contribution in [-0.2, 0) is 0 Å². The van der Waals surface area contributed by atoms with Crippen molar-refractivity contribution in [3.63, 3.8) is 0 Å². The van der Waals surface area contributed by atoms with E-state index in [4.69, 9.17) is 5.73 Å². The first kappa shape index (κ1) is 7.59. The van der Waals surface area contributed by atoms with E-state index in [1.165, 1.54) is 31.4 Å². The summed E-state index contributed by atoms with van der Waals surface area (Å²) < 4.78 is 0. The fraction of sp³-hybridized carbons (Fsp3) is 0.500. The van der Waals surface area contributed by atoms with Gasteiger partial charge in [0.2, 0.25) is 0 Å². The smallest absolute Gasteiger partial charge is 0.0454 e. The van der Waals surface area contributed by atoms with Gasteiger partial charge in [-0.25, -0.2) is 0 Å². The molecule has 0 aromatic carbocycles. The molecule has 1 fully saturated rings. The largest absolute Gasteiger partial charge is 0.399 e. The Hall–Kier alpha value is -1.05. The molecule has 0 unspecified atom stereocenters. The van der Waals surface area contributed by atoms with E-state index in [1.807, 2.05) is 18.3 Å². The molecular formula is C10H14N2. The Labute approximate surface area is 72.8 Å². The number of nitrogens with two attached hydrogens (primary N) is 1. The zero-order valence-corrected chi connectivity index (χ0v) is 7.16. The van der Waals surface area contributed by atoms with Crippen LogP contribution in [0.3, 0.4) is 0 Å². The average molecular weight is 162 g/mol. The summed E-state index contributed by atoms with van der Waals surface area (Å²) >= 11 is 0. The Morgan fingerprint density at radius 3 is 2.75 bits per heavy atom. The molecule has 1 heterocycles. The van der Waals surface area contributed by atoms with Crippen LogP contribution < -0.4 is 5.73 Å². The number of hydrogen-bond acceptors (Lipinski definition) is 2. The summed E-state index contributed by atoms with van der Waals surface area (Å²) in [6, 6.07) is 3.86. The molecule has 0 radical (unpaired) electrons. The van der Waals surface area contributed by atoms with Crippen molar-refractivity contribution < 1.29 is 0 Å². The van der Waals surface area contributed by atoms with Crippen LogP contribution in [0.1, 0.15) is 37.3 Å². The second kappa shape index (κ2) is 3.13. The van der Waals surface area contributed by atoms with Crippen LogP contribution in [0.25, 0.3) is 0 Å². The fourth-order valence-corrected chi connectivity index (χ4v) is 1.91. The third kappa shape index (κ3) is 1.42. The first-order valence-corrected chi connectivity index (χ1v) is 4.58. The summed E-state index contributed by atoms with van der Waals surface area (Å²) in [5, 5.41) is 0. The van der Waals surface area contributed by atoms with Crippen LogP contribution in [-0.4, -0.2) is 4.98 Å². The summed E-state index contributed by atoms with van der Waals surface area (Å²) in [5.74, 6) is 0.675. The highest BCUT2D eigenvalue weighted by atomic mass is 14.7. The van der Waals surface area contributed by atoms with E-state index in [9.17, 15) is 0 Å². The van der Waals surface area contributed by atoms with Gasteiger partial charge in [0.15, 0.2) is 0 Å². The normalized spacial score (nSPS) is 18.3. The summed E-state index contributed by atoms with van der Waals surface area (Å²) in [4.78, 5) is 4.34. The molecule has 1 aromatic rings.